The van der Waals surface area contributed by atoms with Crippen molar-refractivity contribution in [3.63, 3.8) is 0 Å². The Morgan fingerprint density at radius 3 is 3.06 bits per heavy atom. The van der Waals surface area contributed by atoms with Crippen molar-refractivity contribution in [1.29, 1.82) is 0 Å². The summed E-state index contributed by atoms with van der Waals surface area (Å²) in [5.74, 6) is 0.770. The minimum absolute atomic E-state index is 0.466. The predicted molar refractivity (Wildman–Crippen MR) is 63.5 cm³/mol. The van der Waals surface area contributed by atoms with Crippen LogP contribution in [0.15, 0.2) is 36.0 Å². The number of nitrogens with zero attached hydrogens (tertiary/aromatic N) is 1. The minimum Gasteiger partial charge on any atom is -0.488 e. The normalized spacial score (nSPS) is 12.4. The smallest absolute Gasteiger partial charge is 0.124 e. The van der Waals surface area contributed by atoms with Crippen LogP contribution >= 0.6 is 11.3 Å². The van der Waals surface area contributed by atoms with E-state index in [1.807, 2.05) is 24.3 Å². The first kappa shape index (κ1) is 11.1. The van der Waals surface area contributed by atoms with Crippen LogP contribution < -0.4 is 4.74 Å². The molecule has 1 N–H and O–H groups in total. The molecular weight excluding hydrogens is 222 g/mol. The van der Waals surface area contributed by atoms with Crippen molar-refractivity contribution in [3.05, 3.63) is 46.4 Å². The molecule has 0 aliphatic rings. The molecule has 2 aromatic rings. The summed E-state index contributed by atoms with van der Waals surface area (Å²) in [6.07, 6.45) is 1.33. The van der Waals surface area contributed by atoms with Gasteiger partial charge in [-0.1, -0.05) is 12.1 Å². The summed E-state index contributed by atoms with van der Waals surface area (Å²) < 4.78 is 5.60. The molecule has 0 saturated carbocycles. The molecule has 1 atom stereocenters. The molecule has 0 amide bonds. The monoisotopic (exact) mass is 235 g/mol. The molecule has 2 rings (SSSR count). The van der Waals surface area contributed by atoms with E-state index in [2.05, 4.69) is 4.98 Å². The van der Waals surface area contributed by atoms with E-state index < -0.39 is 6.10 Å². The predicted octanol–water partition coefficient (Wildman–Crippen LogP) is 2.78. The van der Waals surface area contributed by atoms with Gasteiger partial charge in [0.1, 0.15) is 12.4 Å². The zero-order valence-corrected chi connectivity index (χ0v) is 9.78. The van der Waals surface area contributed by atoms with Crippen LogP contribution in [0.2, 0.25) is 0 Å². The zero-order valence-electron chi connectivity index (χ0n) is 8.96. The molecule has 0 aliphatic heterocycles. The average Bonchev–Trinajstić information content (AvgIpc) is 2.79. The molecule has 1 aromatic heterocycles. The lowest BCUT2D eigenvalue weighted by molar-refractivity contribution is 0.198. The highest BCUT2D eigenvalue weighted by Gasteiger charge is 2.02. The number of aromatic nitrogens is 1. The molecule has 4 heteroatoms. The van der Waals surface area contributed by atoms with Crippen LogP contribution in [0, 0.1) is 0 Å². The number of aliphatic hydroxyl groups is 1. The van der Waals surface area contributed by atoms with E-state index in [0.29, 0.717) is 6.61 Å². The fourth-order valence-corrected chi connectivity index (χ4v) is 1.84. The van der Waals surface area contributed by atoms with E-state index in [0.717, 1.165) is 16.2 Å². The van der Waals surface area contributed by atoms with Gasteiger partial charge in [0, 0.05) is 6.20 Å². The second-order valence-electron chi connectivity index (χ2n) is 3.50. The largest absolute Gasteiger partial charge is 0.488 e. The van der Waals surface area contributed by atoms with E-state index in [4.69, 9.17) is 4.74 Å². The van der Waals surface area contributed by atoms with Crippen molar-refractivity contribution >= 4 is 11.3 Å². The zero-order chi connectivity index (χ0) is 11.4. The Labute approximate surface area is 98.4 Å². The third kappa shape index (κ3) is 2.81. The summed E-state index contributed by atoms with van der Waals surface area (Å²) in [5.41, 5.74) is 2.65. The third-order valence-electron chi connectivity index (χ3n) is 2.21. The maximum Gasteiger partial charge on any atom is 0.124 e. The van der Waals surface area contributed by atoms with E-state index in [1.165, 1.54) is 0 Å². The topological polar surface area (TPSA) is 42.4 Å². The lowest BCUT2D eigenvalue weighted by atomic mass is 10.1. The first-order valence-corrected chi connectivity index (χ1v) is 5.92. The Bertz CT molecular complexity index is 440. The van der Waals surface area contributed by atoms with Gasteiger partial charge in [-0.25, -0.2) is 0 Å². The van der Waals surface area contributed by atoms with Crippen LogP contribution in [0.4, 0.5) is 0 Å². The van der Waals surface area contributed by atoms with Crippen molar-refractivity contribution in [2.75, 3.05) is 0 Å². The van der Waals surface area contributed by atoms with Crippen molar-refractivity contribution < 1.29 is 9.84 Å². The number of aliphatic hydroxyl groups excluding tert-OH is 1. The van der Waals surface area contributed by atoms with Gasteiger partial charge in [0.15, 0.2) is 0 Å². The SMILES string of the molecule is CC(O)c1cccc(OCc2cncs2)c1. The van der Waals surface area contributed by atoms with Crippen molar-refractivity contribution in [2.24, 2.45) is 0 Å². The molecule has 1 heterocycles. The number of hydrogen-bond donors (Lipinski definition) is 1. The molecule has 0 aliphatic carbocycles. The summed E-state index contributed by atoms with van der Waals surface area (Å²) in [6, 6.07) is 7.49. The van der Waals surface area contributed by atoms with E-state index >= 15 is 0 Å². The Morgan fingerprint density at radius 1 is 1.50 bits per heavy atom. The van der Waals surface area contributed by atoms with Crippen LogP contribution in [-0.2, 0) is 6.61 Å². The summed E-state index contributed by atoms with van der Waals surface area (Å²) >= 11 is 1.57. The quantitative estimate of drug-likeness (QED) is 0.886. The second-order valence-corrected chi connectivity index (χ2v) is 4.48. The lowest BCUT2D eigenvalue weighted by Gasteiger charge is -2.08. The maximum atomic E-state index is 9.44. The van der Waals surface area contributed by atoms with Gasteiger partial charge >= 0.3 is 0 Å². The van der Waals surface area contributed by atoms with Crippen LogP contribution in [-0.4, -0.2) is 10.1 Å². The molecule has 0 bridgehead atoms. The first-order chi connectivity index (χ1) is 7.75. The molecule has 0 fully saturated rings. The summed E-state index contributed by atoms with van der Waals surface area (Å²) in [5, 5.41) is 9.44. The Balaban J connectivity index is 2.01. The number of benzene rings is 1. The van der Waals surface area contributed by atoms with Gasteiger partial charge in [-0.2, -0.15) is 0 Å². The Hall–Kier alpha value is -1.39. The lowest BCUT2D eigenvalue weighted by Crippen LogP contribution is -1.95. The van der Waals surface area contributed by atoms with Gasteiger partial charge in [0.25, 0.3) is 0 Å². The molecular formula is C12H13NO2S. The Morgan fingerprint density at radius 2 is 2.38 bits per heavy atom. The van der Waals surface area contributed by atoms with Gasteiger partial charge in [-0.15, -0.1) is 11.3 Å². The van der Waals surface area contributed by atoms with Gasteiger partial charge in [0.05, 0.1) is 16.5 Å². The van der Waals surface area contributed by atoms with Crippen molar-refractivity contribution in [2.45, 2.75) is 19.6 Å². The fourth-order valence-electron chi connectivity index (χ4n) is 1.33. The van der Waals surface area contributed by atoms with Gasteiger partial charge in [0.2, 0.25) is 0 Å². The van der Waals surface area contributed by atoms with E-state index in [1.54, 1.807) is 30.0 Å². The van der Waals surface area contributed by atoms with Crippen molar-refractivity contribution in [3.8, 4) is 5.75 Å². The molecule has 0 radical (unpaired) electrons. The molecule has 3 nitrogen and oxygen atoms in total. The molecule has 1 unspecified atom stereocenters. The highest BCUT2D eigenvalue weighted by molar-refractivity contribution is 7.09. The van der Waals surface area contributed by atoms with Crippen LogP contribution in [0.1, 0.15) is 23.5 Å². The first-order valence-electron chi connectivity index (χ1n) is 5.04. The summed E-state index contributed by atoms with van der Waals surface area (Å²) in [6.45, 7) is 2.26. The van der Waals surface area contributed by atoms with E-state index in [9.17, 15) is 5.11 Å². The van der Waals surface area contributed by atoms with Gasteiger partial charge < -0.3 is 9.84 Å². The summed E-state index contributed by atoms with van der Waals surface area (Å²) in [4.78, 5) is 5.06. The highest BCUT2D eigenvalue weighted by Crippen LogP contribution is 2.20. The van der Waals surface area contributed by atoms with E-state index in [-0.39, 0.29) is 0 Å². The fraction of sp³-hybridized carbons (Fsp3) is 0.250. The highest BCUT2D eigenvalue weighted by atomic mass is 32.1. The second kappa shape index (κ2) is 5.09. The maximum absolute atomic E-state index is 9.44. The molecule has 16 heavy (non-hydrogen) atoms. The van der Waals surface area contributed by atoms with Crippen LogP contribution in [0.5, 0.6) is 5.75 Å². The molecule has 1 aromatic carbocycles. The van der Waals surface area contributed by atoms with Gasteiger partial charge in [-0.3, -0.25) is 4.98 Å². The average molecular weight is 235 g/mol. The third-order valence-corrected chi connectivity index (χ3v) is 2.96. The number of hydrogen-bond acceptors (Lipinski definition) is 4. The minimum atomic E-state index is -0.466. The van der Waals surface area contributed by atoms with Crippen LogP contribution in [0.25, 0.3) is 0 Å². The molecule has 84 valence electrons. The number of thiazole rings is 1. The standard InChI is InChI=1S/C12H13NO2S/c1-9(14)10-3-2-4-11(5-10)15-7-12-6-13-8-16-12/h2-6,8-9,14H,7H2,1H3. The van der Waals surface area contributed by atoms with Gasteiger partial charge in [-0.05, 0) is 24.6 Å². The number of rotatable bonds is 4. The van der Waals surface area contributed by atoms with Crippen LogP contribution in [0.3, 0.4) is 0 Å². The molecule has 0 spiro atoms. The van der Waals surface area contributed by atoms with Crippen molar-refractivity contribution in [1.82, 2.24) is 4.98 Å². The Kier molecular flexibility index (Phi) is 3.54. The number of ether oxygens (including phenoxy) is 1. The summed E-state index contributed by atoms with van der Waals surface area (Å²) in [7, 11) is 0. The molecule has 0 saturated heterocycles.